The molecule has 0 N–H and O–H groups in total. The van der Waals surface area contributed by atoms with Gasteiger partial charge in [-0.3, -0.25) is 0 Å². The van der Waals surface area contributed by atoms with Gasteiger partial charge in [0.05, 0.1) is 5.57 Å². The highest BCUT2D eigenvalue weighted by molar-refractivity contribution is 5.49. The Kier molecular flexibility index (Phi) is 4.86. The standard InChI is InChI=1S/C17H16/c1-5-16(9-6-14(2)3)12-13-17-10-7-15(4)8-11-17/h1,6-11H,2-4H3/b16-9+. The minimum absolute atomic E-state index is 0.701. The Labute approximate surface area is 104 Å². The summed E-state index contributed by atoms with van der Waals surface area (Å²) in [5, 5.41) is 0. The van der Waals surface area contributed by atoms with Crippen LogP contribution in [0.15, 0.2) is 47.6 Å². The third-order valence-electron chi connectivity index (χ3n) is 2.13. The second-order valence-corrected chi connectivity index (χ2v) is 4.08. The van der Waals surface area contributed by atoms with Crippen LogP contribution in [0.1, 0.15) is 25.0 Å². The van der Waals surface area contributed by atoms with Crippen LogP contribution in [0.25, 0.3) is 0 Å². The van der Waals surface area contributed by atoms with Gasteiger partial charge in [-0.15, -0.1) is 6.42 Å². The molecule has 1 aromatic carbocycles. The van der Waals surface area contributed by atoms with Gasteiger partial charge in [-0.1, -0.05) is 47.1 Å². The fourth-order valence-corrected chi connectivity index (χ4v) is 1.15. The van der Waals surface area contributed by atoms with Crippen LogP contribution in [-0.4, -0.2) is 0 Å². The van der Waals surface area contributed by atoms with Crippen molar-refractivity contribution in [3.05, 3.63) is 58.7 Å². The number of aryl methyl sites for hydroxylation is 1. The lowest BCUT2D eigenvalue weighted by Crippen LogP contribution is -1.77. The lowest BCUT2D eigenvalue weighted by atomic mass is 10.1. The molecular weight excluding hydrogens is 204 g/mol. The van der Waals surface area contributed by atoms with Crippen LogP contribution in [0, 0.1) is 31.1 Å². The van der Waals surface area contributed by atoms with Gasteiger partial charge in [0.15, 0.2) is 0 Å². The van der Waals surface area contributed by atoms with Gasteiger partial charge in [0.2, 0.25) is 0 Å². The van der Waals surface area contributed by atoms with Crippen LogP contribution in [0.5, 0.6) is 0 Å². The Balaban J connectivity index is 2.91. The van der Waals surface area contributed by atoms with Gasteiger partial charge < -0.3 is 0 Å². The summed E-state index contributed by atoms with van der Waals surface area (Å²) in [7, 11) is 0. The largest absolute Gasteiger partial charge is 0.114 e. The molecule has 1 aromatic rings. The maximum absolute atomic E-state index is 5.40. The number of allylic oxidation sites excluding steroid dienone is 4. The monoisotopic (exact) mass is 220 g/mol. The van der Waals surface area contributed by atoms with Crippen molar-refractivity contribution in [3.8, 4) is 24.2 Å². The molecule has 0 saturated heterocycles. The van der Waals surface area contributed by atoms with Crippen molar-refractivity contribution in [2.24, 2.45) is 0 Å². The predicted molar refractivity (Wildman–Crippen MR) is 74.4 cm³/mol. The first-order chi connectivity index (χ1) is 8.11. The Morgan fingerprint density at radius 2 is 1.76 bits per heavy atom. The molecule has 0 heteroatoms. The lowest BCUT2D eigenvalue weighted by Gasteiger charge is -1.91. The topological polar surface area (TPSA) is 0 Å². The van der Waals surface area contributed by atoms with Crippen LogP contribution >= 0.6 is 0 Å². The minimum atomic E-state index is 0.701. The maximum atomic E-state index is 5.40. The van der Waals surface area contributed by atoms with Gasteiger partial charge in [0, 0.05) is 5.56 Å². The molecule has 0 radical (unpaired) electrons. The summed E-state index contributed by atoms with van der Waals surface area (Å²) in [6.07, 6.45) is 9.24. The Bertz CT molecular complexity index is 530. The molecule has 0 bridgehead atoms. The number of hydrogen-bond donors (Lipinski definition) is 0. The number of hydrogen-bond acceptors (Lipinski definition) is 0. The minimum Gasteiger partial charge on any atom is -0.114 e. The van der Waals surface area contributed by atoms with E-state index >= 15 is 0 Å². The first kappa shape index (κ1) is 12.9. The van der Waals surface area contributed by atoms with Crippen molar-refractivity contribution in [2.75, 3.05) is 0 Å². The summed E-state index contributed by atoms with van der Waals surface area (Å²) in [5.41, 5.74) is 4.11. The van der Waals surface area contributed by atoms with Crippen LogP contribution in [0.2, 0.25) is 0 Å². The molecule has 0 aliphatic rings. The molecule has 1 rings (SSSR count). The quantitative estimate of drug-likeness (QED) is 0.498. The van der Waals surface area contributed by atoms with E-state index in [1.807, 2.05) is 50.3 Å². The molecule has 0 unspecified atom stereocenters. The van der Waals surface area contributed by atoms with E-state index in [9.17, 15) is 0 Å². The molecule has 0 nitrogen and oxygen atoms in total. The predicted octanol–water partition coefficient (Wildman–Crippen LogP) is 3.87. The van der Waals surface area contributed by atoms with E-state index in [1.165, 1.54) is 11.1 Å². The van der Waals surface area contributed by atoms with Crippen LogP contribution in [-0.2, 0) is 0 Å². The summed E-state index contributed by atoms with van der Waals surface area (Å²) in [4.78, 5) is 0. The van der Waals surface area contributed by atoms with Gasteiger partial charge in [-0.2, -0.15) is 0 Å². The first-order valence-electron chi connectivity index (χ1n) is 5.52. The molecule has 17 heavy (non-hydrogen) atoms. The highest BCUT2D eigenvalue weighted by Crippen LogP contribution is 2.02. The number of terminal acetylenes is 1. The number of rotatable bonds is 1. The van der Waals surface area contributed by atoms with E-state index in [-0.39, 0.29) is 0 Å². The fraction of sp³-hybridized carbons (Fsp3) is 0.176. The Morgan fingerprint density at radius 1 is 1.12 bits per heavy atom. The average molecular weight is 220 g/mol. The Morgan fingerprint density at radius 3 is 2.29 bits per heavy atom. The molecule has 0 aliphatic carbocycles. The van der Waals surface area contributed by atoms with Crippen molar-refractivity contribution in [1.82, 2.24) is 0 Å². The SMILES string of the molecule is C#C/C(C#Cc1ccc(C)cc1)=C\C=C(C)C. The first-order valence-corrected chi connectivity index (χ1v) is 5.52. The molecule has 0 saturated carbocycles. The van der Waals surface area contributed by atoms with Gasteiger partial charge in [-0.05, 0) is 39.0 Å². The summed E-state index contributed by atoms with van der Waals surface area (Å²) < 4.78 is 0. The zero-order valence-corrected chi connectivity index (χ0v) is 10.5. The molecule has 0 spiro atoms. The van der Waals surface area contributed by atoms with Crippen molar-refractivity contribution in [1.29, 1.82) is 0 Å². The van der Waals surface area contributed by atoms with E-state index < -0.39 is 0 Å². The van der Waals surface area contributed by atoms with E-state index in [0.29, 0.717) is 5.57 Å². The average Bonchev–Trinajstić information content (AvgIpc) is 2.31. The second-order valence-electron chi connectivity index (χ2n) is 4.08. The third-order valence-corrected chi connectivity index (χ3v) is 2.13. The van der Waals surface area contributed by atoms with Crippen molar-refractivity contribution in [2.45, 2.75) is 20.8 Å². The van der Waals surface area contributed by atoms with Crippen LogP contribution in [0.4, 0.5) is 0 Å². The number of benzene rings is 1. The fourth-order valence-electron chi connectivity index (χ4n) is 1.15. The Hall–Kier alpha value is -2.18. The van der Waals surface area contributed by atoms with E-state index in [1.54, 1.807) is 0 Å². The van der Waals surface area contributed by atoms with E-state index in [2.05, 4.69) is 24.7 Å². The highest BCUT2D eigenvalue weighted by atomic mass is 13.9. The maximum Gasteiger partial charge on any atom is 0.0745 e. The van der Waals surface area contributed by atoms with Crippen molar-refractivity contribution in [3.63, 3.8) is 0 Å². The molecule has 0 aliphatic heterocycles. The van der Waals surface area contributed by atoms with Crippen molar-refractivity contribution >= 4 is 0 Å². The zero-order chi connectivity index (χ0) is 12.7. The highest BCUT2D eigenvalue weighted by Gasteiger charge is 1.87. The molecular formula is C17H16. The normalized spacial score (nSPS) is 9.88. The summed E-state index contributed by atoms with van der Waals surface area (Å²) in [5.74, 6) is 8.63. The molecule has 0 amide bonds. The van der Waals surface area contributed by atoms with Crippen molar-refractivity contribution < 1.29 is 0 Å². The van der Waals surface area contributed by atoms with E-state index in [0.717, 1.165) is 5.56 Å². The van der Waals surface area contributed by atoms with Gasteiger partial charge >= 0.3 is 0 Å². The lowest BCUT2D eigenvalue weighted by molar-refractivity contribution is 1.39. The zero-order valence-electron chi connectivity index (χ0n) is 10.5. The van der Waals surface area contributed by atoms with E-state index in [4.69, 9.17) is 6.42 Å². The molecule has 0 fully saturated rings. The molecule has 0 aromatic heterocycles. The summed E-state index contributed by atoms with van der Waals surface area (Å²) in [6, 6.07) is 8.08. The van der Waals surface area contributed by atoms with Gasteiger partial charge in [0.25, 0.3) is 0 Å². The second kappa shape index (κ2) is 6.41. The van der Waals surface area contributed by atoms with Gasteiger partial charge in [-0.25, -0.2) is 0 Å². The van der Waals surface area contributed by atoms with Gasteiger partial charge in [0.1, 0.15) is 0 Å². The smallest absolute Gasteiger partial charge is 0.0745 e. The molecule has 84 valence electrons. The summed E-state index contributed by atoms with van der Waals surface area (Å²) in [6.45, 7) is 6.11. The van der Waals surface area contributed by atoms with Crippen LogP contribution in [0.3, 0.4) is 0 Å². The molecule has 0 atom stereocenters. The third kappa shape index (κ3) is 4.92. The van der Waals surface area contributed by atoms with Crippen LogP contribution < -0.4 is 0 Å². The summed E-state index contributed by atoms with van der Waals surface area (Å²) >= 11 is 0. The molecule has 0 heterocycles.